The highest BCUT2D eigenvalue weighted by Crippen LogP contribution is 2.18. The highest BCUT2D eigenvalue weighted by atomic mass is 79.9. The zero-order chi connectivity index (χ0) is 10.4. The second-order valence-electron chi connectivity index (χ2n) is 3.30. The normalized spacial score (nSPS) is 22.5. The minimum absolute atomic E-state index is 0.0562. The van der Waals surface area contributed by atoms with E-state index >= 15 is 0 Å². The maximum atomic E-state index is 11.6. The first kappa shape index (κ1) is 12.1. The number of carbonyl (C=O) groups is 1. The summed E-state index contributed by atoms with van der Waals surface area (Å²) in [5.41, 5.74) is 0. The molecule has 0 aromatic heterocycles. The zero-order valence-electron chi connectivity index (χ0n) is 8.25. The Balaban J connectivity index is 2.22. The van der Waals surface area contributed by atoms with Crippen molar-refractivity contribution in [3.8, 4) is 0 Å². The number of likely N-dealkylation sites (tertiary alicyclic amines) is 1. The quantitative estimate of drug-likeness (QED) is 0.437. The molecule has 1 aliphatic heterocycles. The van der Waals surface area contributed by atoms with E-state index in [4.69, 9.17) is 0 Å². The van der Waals surface area contributed by atoms with Crippen molar-refractivity contribution in [2.75, 3.05) is 24.6 Å². The predicted molar refractivity (Wildman–Crippen MR) is 66.1 cm³/mol. The van der Waals surface area contributed by atoms with Crippen molar-refractivity contribution in [1.29, 1.82) is 0 Å². The highest BCUT2D eigenvalue weighted by molar-refractivity contribution is 9.10. The minimum Gasteiger partial charge on any atom is -0.341 e. The van der Waals surface area contributed by atoms with Gasteiger partial charge in [0.05, 0.1) is 4.83 Å². The van der Waals surface area contributed by atoms with Crippen molar-refractivity contribution in [2.45, 2.75) is 17.7 Å². The van der Waals surface area contributed by atoms with Gasteiger partial charge in [-0.2, -0.15) is 11.8 Å². The van der Waals surface area contributed by atoms with Crippen LogP contribution in [-0.4, -0.2) is 40.2 Å². The summed E-state index contributed by atoms with van der Waals surface area (Å²) in [5.74, 6) is 2.24. The largest absolute Gasteiger partial charge is 0.341 e. The summed E-state index contributed by atoms with van der Waals surface area (Å²) >= 11 is 5.23. The van der Waals surface area contributed by atoms with Gasteiger partial charge in [-0.1, -0.05) is 22.0 Å². The van der Waals surface area contributed by atoms with Gasteiger partial charge in [0, 0.05) is 24.6 Å². The molecule has 80 valence electrons. The van der Waals surface area contributed by atoms with Crippen molar-refractivity contribution >= 4 is 33.6 Å². The van der Waals surface area contributed by atoms with Crippen LogP contribution in [0.2, 0.25) is 0 Å². The minimum atomic E-state index is 0.0562. The first-order valence-electron chi connectivity index (χ1n) is 4.87. The molecule has 14 heavy (non-hydrogen) atoms. The van der Waals surface area contributed by atoms with Crippen molar-refractivity contribution < 1.29 is 4.79 Å². The van der Waals surface area contributed by atoms with E-state index in [-0.39, 0.29) is 10.7 Å². The molecule has 4 heteroatoms. The van der Waals surface area contributed by atoms with Gasteiger partial charge in [0.2, 0.25) is 5.91 Å². The number of thioether (sulfide) groups is 1. The van der Waals surface area contributed by atoms with Crippen LogP contribution in [0.1, 0.15) is 12.8 Å². The Morgan fingerprint density at radius 1 is 1.71 bits per heavy atom. The van der Waals surface area contributed by atoms with Crippen LogP contribution in [-0.2, 0) is 4.79 Å². The Hall–Kier alpha value is 0.0400. The summed E-state index contributed by atoms with van der Waals surface area (Å²) in [7, 11) is 0. The zero-order valence-corrected chi connectivity index (χ0v) is 10.6. The molecule has 0 aromatic rings. The van der Waals surface area contributed by atoms with Crippen LogP contribution < -0.4 is 0 Å². The standard InChI is InChI=1S/C10H16BrNOS/c1-2-7-14-8-6-12-5-3-4-9(11)10(12)13/h2,9H,1,3-8H2. The number of alkyl halides is 1. The van der Waals surface area contributed by atoms with E-state index in [1.54, 1.807) is 0 Å². The highest BCUT2D eigenvalue weighted by Gasteiger charge is 2.25. The third-order valence-corrected chi connectivity index (χ3v) is 4.00. The van der Waals surface area contributed by atoms with Crippen molar-refractivity contribution in [2.24, 2.45) is 0 Å². The average molecular weight is 278 g/mol. The van der Waals surface area contributed by atoms with Crippen LogP contribution in [0.15, 0.2) is 12.7 Å². The number of nitrogens with zero attached hydrogens (tertiary/aromatic N) is 1. The fourth-order valence-electron chi connectivity index (χ4n) is 1.46. The fraction of sp³-hybridized carbons (Fsp3) is 0.700. The smallest absolute Gasteiger partial charge is 0.236 e. The van der Waals surface area contributed by atoms with Crippen molar-refractivity contribution in [3.05, 3.63) is 12.7 Å². The maximum absolute atomic E-state index is 11.6. The number of carbonyl (C=O) groups excluding carboxylic acids is 1. The number of halogens is 1. The van der Waals surface area contributed by atoms with Crippen molar-refractivity contribution in [1.82, 2.24) is 4.90 Å². The molecule has 0 radical (unpaired) electrons. The van der Waals surface area contributed by atoms with Gasteiger partial charge < -0.3 is 4.90 Å². The summed E-state index contributed by atoms with van der Waals surface area (Å²) < 4.78 is 0. The Morgan fingerprint density at radius 2 is 2.50 bits per heavy atom. The first-order valence-corrected chi connectivity index (χ1v) is 6.94. The summed E-state index contributed by atoms with van der Waals surface area (Å²) in [5, 5.41) is 0. The topological polar surface area (TPSA) is 20.3 Å². The molecule has 1 amide bonds. The molecule has 0 aliphatic carbocycles. The van der Waals surface area contributed by atoms with Gasteiger partial charge in [0.15, 0.2) is 0 Å². The molecule has 0 bridgehead atoms. The molecule has 0 aromatic carbocycles. The number of rotatable bonds is 5. The van der Waals surface area contributed by atoms with Crippen LogP contribution >= 0.6 is 27.7 Å². The van der Waals surface area contributed by atoms with E-state index in [0.717, 1.165) is 37.4 Å². The van der Waals surface area contributed by atoms with Crippen LogP contribution in [0.4, 0.5) is 0 Å². The summed E-state index contributed by atoms with van der Waals surface area (Å²) in [6.45, 7) is 5.46. The summed E-state index contributed by atoms with van der Waals surface area (Å²) in [4.78, 5) is 13.7. The molecule has 1 unspecified atom stereocenters. The molecular formula is C10H16BrNOS. The van der Waals surface area contributed by atoms with E-state index in [1.807, 2.05) is 22.7 Å². The molecule has 1 rings (SSSR count). The van der Waals surface area contributed by atoms with Gasteiger partial charge >= 0.3 is 0 Å². The second-order valence-corrected chi connectivity index (χ2v) is 5.55. The van der Waals surface area contributed by atoms with Gasteiger partial charge in [-0.15, -0.1) is 6.58 Å². The van der Waals surface area contributed by atoms with Crippen LogP contribution in [0.3, 0.4) is 0 Å². The lowest BCUT2D eigenvalue weighted by Crippen LogP contribution is -2.42. The SMILES string of the molecule is C=CCSCCN1CCCC(Br)C1=O. The lowest BCUT2D eigenvalue weighted by atomic mass is 10.1. The van der Waals surface area contributed by atoms with Crippen LogP contribution in [0.25, 0.3) is 0 Å². The number of piperidine rings is 1. The Kier molecular flexibility index (Phi) is 5.63. The predicted octanol–water partition coefficient (Wildman–Crippen LogP) is 2.29. The van der Waals surface area contributed by atoms with E-state index in [9.17, 15) is 4.79 Å². The molecule has 0 N–H and O–H groups in total. The molecule has 1 atom stereocenters. The molecule has 1 aliphatic rings. The van der Waals surface area contributed by atoms with Gasteiger partial charge in [-0.25, -0.2) is 0 Å². The van der Waals surface area contributed by atoms with E-state index in [2.05, 4.69) is 22.5 Å². The molecule has 1 heterocycles. The fourth-order valence-corrected chi connectivity index (χ4v) is 2.75. The maximum Gasteiger partial charge on any atom is 0.236 e. The third kappa shape index (κ3) is 3.65. The number of hydrogen-bond donors (Lipinski definition) is 0. The molecule has 2 nitrogen and oxygen atoms in total. The molecular weight excluding hydrogens is 262 g/mol. The van der Waals surface area contributed by atoms with E-state index in [1.165, 1.54) is 0 Å². The molecule has 0 saturated carbocycles. The average Bonchev–Trinajstić information content (AvgIpc) is 2.19. The lowest BCUT2D eigenvalue weighted by Gasteiger charge is -2.29. The summed E-state index contributed by atoms with van der Waals surface area (Å²) in [6.07, 6.45) is 4.00. The number of amides is 1. The van der Waals surface area contributed by atoms with Crippen LogP contribution in [0.5, 0.6) is 0 Å². The summed E-state index contributed by atoms with van der Waals surface area (Å²) in [6, 6.07) is 0. The Labute approximate surface area is 98.2 Å². The van der Waals surface area contributed by atoms with Gasteiger partial charge in [0.25, 0.3) is 0 Å². The molecule has 0 spiro atoms. The Bertz CT molecular complexity index is 210. The second kappa shape index (κ2) is 6.51. The molecule has 1 saturated heterocycles. The molecule has 1 fully saturated rings. The van der Waals surface area contributed by atoms with Gasteiger partial charge in [-0.3, -0.25) is 4.79 Å². The van der Waals surface area contributed by atoms with E-state index in [0.29, 0.717) is 0 Å². The van der Waals surface area contributed by atoms with E-state index < -0.39 is 0 Å². The third-order valence-electron chi connectivity index (χ3n) is 2.21. The first-order chi connectivity index (χ1) is 6.75. The monoisotopic (exact) mass is 277 g/mol. The Morgan fingerprint density at radius 3 is 3.21 bits per heavy atom. The lowest BCUT2D eigenvalue weighted by molar-refractivity contribution is -0.132. The number of hydrogen-bond acceptors (Lipinski definition) is 2. The van der Waals surface area contributed by atoms with Crippen molar-refractivity contribution in [3.63, 3.8) is 0 Å². The van der Waals surface area contributed by atoms with Gasteiger partial charge in [0.1, 0.15) is 0 Å². The van der Waals surface area contributed by atoms with Crippen LogP contribution in [0, 0.1) is 0 Å². The van der Waals surface area contributed by atoms with Gasteiger partial charge in [-0.05, 0) is 12.8 Å².